The number of hydrogen-bond acceptors (Lipinski definition) is 3. The molecule has 1 aromatic heterocycles. The molecule has 3 nitrogen and oxygen atoms in total. The Balaban J connectivity index is 1.95. The number of hydrogen-bond donors (Lipinski definition) is 1. The summed E-state index contributed by atoms with van der Waals surface area (Å²) in [6, 6.07) is 0. The molecule has 3 rings (SSSR count). The Hall–Kier alpha value is -0.800. The molecule has 1 aliphatic carbocycles. The highest BCUT2D eigenvalue weighted by atomic mass is 16.5. The molecule has 82 valence electrons. The fourth-order valence-electron chi connectivity index (χ4n) is 2.74. The summed E-state index contributed by atoms with van der Waals surface area (Å²) in [6.07, 6.45) is 3.73. The van der Waals surface area contributed by atoms with E-state index in [0.29, 0.717) is 0 Å². The lowest BCUT2D eigenvalue weighted by atomic mass is 10.0. The lowest BCUT2D eigenvalue weighted by Crippen LogP contribution is -2.33. The molecule has 1 unspecified atom stereocenters. The summed E-state index contributed by atoms with van der Waals surface area (Å²) in [4.78, 5) is 0. The van der Waals surface area contributed by atoms with Crippen molar-refractivity contribution in [3.8, 4) is 0 Å². The van der Waals surface area contributed by atoms with Crippen molar-refractivity contribution in [2.24, 2.45) is 0 Å². The second kappa shape index (κ2) is 3.65. The Morgan fingerprint density at radius 2 is 2.27 bits per heavy atom. The summed E-state index contributed by atoms with van der Waals surface area (Å²) in [7, 11) is 0. The zero-order chi connectivity index (χ0) is 10.3. The largest absolute Gasteiger partial charge is 0.466 e. The zero-order valence-electron chi connectivity index (χ0n) is 9.14. The van der Waals surface area contributed by atoms with Gasteiger partial charge in [-0.25, -0.2) is 0 Å². The van der Waals surface area contributed by atoms with Crippen molar-refractivity contribution in [1.82, 2.24) is 5.32 Å². The summed E-state index contributed by atoms with van der Waals surface area (Å²) in [5, 5.41) is 3.37. The van der Waals surface area contributed by atoms with Gasteiger partial charge < -0.3 is 14.5 Å². The van der Waals surface area contributed by atoms with Crippen molar-refractivity contribution >= 4 is 0 Å². The molecule has 1 fully saturated rings. The lowest BCUT2D eigenvalue weighted by Gasteiger charge is -2.24. The van der Waals surface area contributed by atoms with Crippen LogP contribution in [0.5, 0.6) is 0 Å². The molecule has 2 aliphatic rings. The van der Waals surface area contributed by atoms with Gasteiger partial charge in [-0.2, -0.15) is 0 Å². The molecule has 0 amide bonds. The smallest absolute Gasteiger partial charge is 0.107 e. The van der Waals surface area contributed by atoms with Crippen molar-refractivity contribution in [3.05, 3.63) is 22.6 Å². The zero-order valence-corrected chi connectivity index (χ0v) is 9.14. The molecule has 15 heavy (non-hydrogen) atoms. The summed E-state index contributed by atoms with van der Waals surface area (Å²) in [6.45, 7) is 4.76. The first-order valence-corrected chi connectivity index (χ1v) is 5.79. The molecule has 1 saturated heterocycles. The Morgan fingerprint density at radius 3 is 3.07 bits per heavy atom. The van der Waals surface area contributed by atoms with E-state index >= 15 is 0 Å². The van der Waals surface area contributed by atoms with E-state index in [1.54, 1.807) is 0 Å². The molecule has 0 bridgehead atoms. The van der Waals surface area contributed by atoms with Crippen molar-refractivity contribution in [3.63, 3.8) is 0 Å². The third-order valence-electron chi connectivity index (χ3n) is 3.40. The number of morpholine rings is 1. The van der Waals surface area contributed by atoms with Crippen LogP contribution in [-0.2, 0) is 17.6 Å². The molecule has 0 radical (unpaired) electrons. The van der Waals surface area contributed by atoms with Gasteiger partial charge in [-0.05, 0) is 25.3 Å². The minimum absolute atomic E-state index is 0.212. The van der Waals surface area contributed by atoms with Crippen LogP contribution < -0.4 is 5.32 Å². The van der Waals surface area contributed by atoms with Crippen molar-refractivity contribution in [1.29, 1.82) is 0 Å². The Labute approximate surface area is 89.8 Å². The molecule has 3 heteroatoms. The number of furan rings is 1. The van der Waals surface area contributed by atoms with E-state index in [0.717, 1.165) is 31.9 Å². The highest BCUT2D eigenvalue weighted by Crippen LogP contribution is 2.35. The highest BCUT2D eigenvalue weighted by molar-refractivity contribution is 5.38. The van der Waals surface area contributed by atoms with E-state index in [4.69, 9.17) is 9.15 Å². The minimum Gasteiger partial charge on any atom is -0.466 e. The molecule has 2 heterocycles. The SMILES string of the molecule is Cc1oc2c(c1C1CNCCO1)CCC2. The summed E-state index contributed by atoms with van der Waals surface area (Å²) >= 11 is 0. The Bertz CT molecular complexity index is 364. The van der Waals surface area contributed by atoms with Gasteiger partial charge >= 0.3 is 0 Å². The van der Waals surface area contributed by atoms with Gasteiger partial charge in [-0.3, -0.25) is 0 Å². The maximum absolute atomic E-state index is 5.81. The molecule has 0 aromatic carbocycles. The fourth-order valence-corrected chi connectivity index (χ4v) is 2.74. The lowest BCUT2D eigenvalue weighted by molar-refractivity contribution is 0.0263. The maximum Gasteiger partial charge on any atom is 0.107 e. The van der Waals surface area contributed by atoms with E-state index in [9.17, 15) is 0 Å². The van der Waals surface area contributed by atoms with Gasteiger partial charge in [-0.1, -0.05) is 0 Å². The van der Waals surface area contributed by atoms with Gasteiger partial charge in [0.25, 0.3) is 0 Å². The predicted molar refractivity (Wildman–Crippen MR) is 57.0 cm³/mol. The molecule has 0 spiro atoms. The van der Waals surface area contributed by atoms with Crippen LogP contribution in [0.3, 0.4) is 0 Å². The van der Waals surface area contributed by atoms with Gasteiger partial charge in [0.15, 0.2) is 0 Å². The van der Waals surface area contributed by atoms with Crippen LogP contribution in [0.4, 0.5) is 0 Å². The van der Waals surface area contributed by atoms with Crippen LogP contribution in [-0.4, -0.2) is 19.7 Å². The molecular formula is C12H17NO2. The third-order valence-corrected chi connectivity index (χ3v) is 3.40. The van der Waals surface area contributed by atoms with Crippen LogP contribution in [0.2, 0.25) is 0 Å². The van der Waals surface area contributed by atoms with Gasteiger partial charge in [-0.15, -0.1) is 0 Å². The monoisotopic (exact) mass is 207 g/mol. The summed E-state index contributed by atoms with van der Waals surface area (Å²) in [5.74, 6) is 2.27. The second-order valence-electron chi connectivity index (χ2n) is 4.39. The predicted octanol–water partition coefficient (Wildman–Crippen LogP) is 1.74. The normalized spacial score (nSPS) is 25.5. The van der Waals surface area contributed by atoms with Gasteiger partial charge in [0.05, 0.1) is 12.7 Å². The second-order valence-corrected chi connectivity index (χ2v) is 4.39. The molecule has 0 saturated carbocycles. The third kappa shape index (κ3) is 1.50. The first kappa shape index (κ1) is 9.43. The van der Waals surface area contributed by atoms with E-state index in [-0.39, 0.29) is 6.10 Å². The number of nitrogens with one attached hydrogen (secondary N) is 1. The quantitative estimate of drug-likeness (QED) is 0.761. The molecule has 1 atom stereocenters. The number of rotatable bonds is 1. The number of aryl methyl sites for hydroxylation is 2. The van der Waals surface area contributed by atoms with Crippen LogP contribution in [0.1, 0.15) is 35.2 Å². The van der Waals surface area contributed by atoms with Gasteiger partial charge in [0, 0.05) is 25.1 Å². The van der Waals surface area contributed by atoms with Crippen LogP contribution in [0, 0.1) is 6.92 Å². The van der Waals surface area contributed by atoms with Crippen molar-refractivity contribution in [2.45, 2.75) is 32.3 Å². The van der Waals surface area contributed by atoms with Crippen molar-refractivity contribution < 1.29 is 9.15 Å². The average molecular weight is 207 g/mol. The van der Waals surface area contributed by atoms with Crippen LogP contribution in [0.15, 0.2) is 4.42 Å². The topological polar surface area (TPSA) is 34.4 Å². The standard InChI is InChI=1S/C12H17NO2/c1-8-12(11-7-13-5-6-14-11)9-3-2-4-10(9)15-8/h11,13H,2-7H2,1H3. The molecule has 1 aromatic rings. The number of ether oxygens (including phenoxy) is 1. The van der Waals surface area contributed by atoms with Crippen LogP contribution in [0.25, 0.3) is 0 Å². The first-order chi connectivity index (χ1) is 7.36. The van der Waals surface area contributed by atoms with Gasteiger partial charge in [0.2, 0.25) is 0 Å². The number of fused-ring (bicyclic) bond motifs is 1. The van der Waals surface area contributed by atoms with E-state index in [2.05, 4.69) is 12.2 Å². The molecule has 1 aliphatic heterocycles. The fraction of sp³-hybridized carbons (Fsp3) is 0.667. The Kier molecular flexibility index (Phi) is 2.29. The van der Waals surface area contributed by atoms with Crippen molar-refractivity contribution in [2.75, 3.05) is 19.7 Å². The van der Waals surface area contributed by atoms with E-state index < -0.39 is 0 Å². The van der Waals surface area contributed by atoms with Crippen LogP contribution >= 0.6 is 0 Å². The van der Waals surface area contributed by atoms with Gasteiger partial charge in [0.1, 0.15) is 11.5 Å². The summed E-state index contributed by atoms with van der Waals surface area (Å²) in [5.41, 5.74) is 2.76. The summed E-state index contributed by atoms with van der Waals surface area (Å²) < 4.78 is 11.6. The van der Waals surface area contributed by atoms with E-state index in [1.165, 1.54) is 29.7 Å². The minimum atomic E-state index is 0.212. The molecular weight excluding hydrogens is 190 g/mol. The van der Waals surface area contributed by atoms with E-state index in [1.807, 2.05) is 0 Å². The Morgan fingerprint density at radius 1 is 1.33 bits per heavy atom. The highest BCUT2D eigenvalue weighted by Gasteiger charge is 2.28. The molecule has 1 N–H and O–H groups in total. The average Bonchev–Trinajstić information content (AvgIpc) is 2.78. The first-order valence-electron chi connectivity index (χ1n) is 5.79. The maximum atomic E-state index is 5.81.